The highest BCUT2D eigenvalue weighted by molar-refractivity contribution is 7.83. The second-order valence-corrected chi connectivity index (χ2v) is 3.53. The van der Waals surface area contributed by atoms with Crippen LogP contribution >= 0.6 is 23.8 Å². The third-order valence-corrected chi connectivity index (χ3v) is 1.77. The molecule has 0 aliphatic rings. The van der Waals surface area contributed by atoms with Crippen molar-refractivity contribution in [2.75, 3.05) is 0 Å². The molecule has 0 aromatic heterocycles. The van der Waals surface area contributed by atoms with Crippen molar-refractivity contribution in [1.29, 1.82) is 0 Å². The van der Waals surface area contributed by atoms with Crippen molar-refractivity contribution in [3.63, 3.8) is 0 Å². The molecule has 7 heavy (non-hydrogen) atoms. The second-order valence-electron chi connectivity index (χ2n) is 2.52. The van der Waals surface area contributed by atoms with Gasteiger partial charge in [0.1, 0.15) is 0 Å². The Hall–Kier alpha value is 0.380. The summed E-state index contributed by atoms with van der Waals surface area (Å²) in [5.74, 6) is 0. The molecule has 0 saturated carbocycles. The molecule has 2 heteroatoms. The van der Waals surface area contributed by atoms with Crippen molar-refractivity contribution in [2.45, 2.75) is 20.8 Å². The summed E-state index contributed by atoms with van der Waals surface area (Å²) < 4.78 is 0.549. The van der Waals surface area contributed by atoms with E-state index in [9.17, 15) is 0 Å². The first kappa shape index (κ1) is 7.38. The molecule has 0 heterocycles. The number of rotatable bonds is 0. The maximum Gasteiger partial charge on any atom is 0.0861 e. The minimum atomic E-state index is -0.00309. The lowest BCUT2D eigenvalue weighted by Crippen LogP contribution is -2.11. The molecule has 0 aliphatic carbocycles. The van der Waals surface area contributed by atoms with E-state index in [2.05, 4.69) is 0 Å². The molecular weight excluding hydrogens is 128 g/mol. The van der Waals surface area contributed by atoms with E-state index in [-0.39, 0.29) is 5.41 Å². The van der Waals surface area contributed by atoms with Gasteiger partial charge in [-0.3, -0.25) is 0 Å². The molecule has 0 amide bonds. The summed E-state index contributed by atoms with van der Waals surface area (Å²) in [7, 11) is 0. The van der Waals surface area contributed by atoms with Gasteiger partial charge in [-0.1, -0.05) is 44.6 Å². The van der Waals surface area contributed by atoms with Crippen LogP contribution in [-0.4, -0.2) is 4.32 Å². The average molecular weight is 137 g/mol. The van der Waals surface area contributed by atoms with Gasteiger partial charge in [-0.25, -0.2) is 0 Å². The van der Waals surface area contributed by atoms with Gasteiger partial charge < -0.3 is 0 Å². The minimum absolute atomic E-state index is 0.00309. The molecule has 0 bridgehead atoms. The molecule has 0 aromatic carbocycles. The highest BCUT2D eigenvalue weighted by Gasteiger charge is 2.13. The maximum absolute atomic E-state index is 5.49. The molecule has 0 nitrogen and oxygen atoms in total. The Morgan fingerprint density at radius 3 is 1.57 bits per heavy atom. The van der Waals surface area contributed by atoms with Crippen LogP contribution in [0.15, 0.2) is 0 Å². The Balaban J connectivity index is 3.79. The first-order valence-corrected chi connectivity index (χ1v) is 2.93. The van der Waals surface area contributed by atoms with Crippen LogP contribution in [0.4, 0.5) is 0 Å². The number of hydrogen-bond donors (Lipinski definition) is 0. The summed E-state index contributed by atoms with van der Waals surface area (Å²) in [6.45, 7) is 5.97. The van der Waals surface area contributed by atoms with Crippen molar-refractivity contribution >= 4 is 28.1 Å². The van der Waals surface area contributed by atoms with E-state index >= 15 is 0 Å². The Bertz CT molecular complexity index is 80.6. The largest absolute Gasteiger partial charge is 0.0861 e. The van der Waals surface area contributed by atoms with Crippen LogP contribution in [0.25, 0.3) is 0 Å². The molecule has 0 aromatic rings. The third-order valence-electron chi connectivity index (χ3n) is 0.590. The van der Waals surface area contributed by atoms with Crippen molar-refractivity contribution in [1.82, 2.24) is 0 Å². The van der Waals surface area contributed by atoms with Crippen LogP contribution in [0.1, 0.15) is 20.8 Å². The summed E-state index contributed by atoms with van der Waals surface area (Å²) in [4.78, 5) is 0. The van der Waals surface area contributed by atoms with Crippen molar-refractivity contribution < 1.29 is 0 Å². The number of halogens is 1. The minimum Gasteiger partial charge on any atom is -0.0759 e. The molecule has 42 valence electrons. The summed E-state index contributed by atoms with van der Waals surface area (Å²) in [5, 5.41) is 0. The monoisotopic (exact) mass is 136 g/mol. The average Bonchev–Trinajstić information content (AvgIpc) is 1.31. The lowest BCUT2D eigenvalue weighted by molar-refractivity contribution is 0.609. The third kappa shape index (κ3) is 3.01. The molecule has 0 saturated heterocycles. The van der Waals surface area contributed by atoms with Gasteiger partial charge in [-0.15, -0.1) is 0 Å². The number of thiocarbonyl (C=S) groups is 1. The second kappa shape index (κ2) is 2.10. The fourth-order valence-corrected chi connectivity index (χ4v) is 0. The lowest BCUT2D eigenvalue weighted by Gasteiger charge is -2.12. The number of hydrogen-bond acceptors (Lipinski definition) is 1. The van der Waals surface area contributed by atoms with E-state index in [0.29, 0.717) is 4.32 Å². The molecule has 0 aliphatic heterocycles. The fourth-order valence-electron chi connectivity index (χ4n) is 0. The van der Waals surface area contributed by atoms with Crippen LogP contribution in [0.3, 0.4) is 0 Å². The first-order valence-electron chi connectivity index (χ1n) is 2.14. The topological polar surface area (TPSA) is 0 Å². The first-order chi connectivity index (χ1) is 2.94. The predicted molar refractivity (Wildman–Crippen MR) is 37.9 cm³/mol. The van der Waals surface area contributed by atoms with E-state index in [0.717, 1.165) is 0 Å². The van der Waals surface area contributed by atoms with E-state index in [1.165, 1.54) is 0 Å². The quantitative estimate of drug-likeness (QED) is 0.365. The molecule has 0 spiro atoms. The van der Waals surface area contributed by atoms with E-state index in [4.69, 9.17) is 23.8 Å². The van der Waals surface area contributed by atoms with Crippen LogP contribution in [0, 0.1) is 5.41 Å². The van der Waals surface area contributed by atoms with Gasteiger partial charge in [0.05, 0.1) is 4.32 Å². The molecular formula is C5H9ClS. The molecule has 0 rings (SSSR count). The standard InChI is InChI=1S/C5H9ClS/c1-5(2,3)4(6)7/h1-3H3. The van der Waals surface area contributed by atoms with Gasteiger partial charge in [-0.2, -0.15) is 0 Å². The highest BCUT2D eigenvalue weighted by atomic mass is 35.5. The van der Waals surface area contributed by atoms with Gasteiger partial charge in [-0.05, 0) is 0 Å². The molecule has 0 N–H and O–H groups in total. The Labute approximate surface area is 54.9 Å². The van der Waals surface area contributed by atoms with Gasteiger partial charge in [0.15, 0.2) is 0 Å². The fraction of sp³-hybridized carbons (Fsp3) is 0.800. The summed E-state index contributed by atoms with van der Waals surface area (Å²) in [6, 6.07) is 0. The van der Waals surface area contributed by atoms with Gasteiger partial charge in [0, 0.05) is 5.41 Å². The Kier molecular flexibility index (Phi) is 2.21. The summed E-state index contributed by atoms with van der Waals surface area (Å²) >= 11 is 10.2. The molecule has 0 unspecified atom stereocenters. The maximum atomic E-state index is 5.49. The van der Waals surface area contributed by atoms with Gasteiger partial charge >= 0.3 is 0 Å². The Morgan fingerprint density at radius 1 is 1.43 bits per heavy atom. The summed E-state index contributed by atoms with van der Waals surface area (Å²) in [5.41, 5.74) is -0.00309. The van der Waals surface area contributed by atoms with Crippen LogP contribution in [0.2, 0.25) is 0 Å². The zero-order valence-electron chi connectivity index (χ0n) is 4.79. The van der Waals surface area contributed by atoms with E-state index < -0.39 is 0 Å². The van der Waals surface area contributed by atoms with E-state index in [1.807, 2.05) is 20.8 Å². The van der Waals surface area contributed by atoms with Crippen molar-refractivity contribution in [2.24, 2.45) is 5.41 Å². The van der Waals surface area contributed by atoms with Crippen LogP contribution in [0.5, 0.6) is 0 Å². The van der Waals surface area contributed by atoms with Gasteiger partial charge in [0.2, 0.25) is 0 Å². The molecule has 0 radical (unpaired) electrons. The summed E-state index contributed by atoms with van der Waals surface area (Å²) in [6.07, 6.45) is 0. The molecule has 0 atom stereocenters. The van der Waals surface area contributed by atoms with Crippen LogP contribution < -0.4 is 0 Å². The smallest absolute Gasteiger partial charge is 0.0759 e. The normalized spacial score (nSPS) is 11.4. The highest BCUT2D eigenvalue weighted by Crippen LogP contribution is 2.17. The zero-order chi connectivity index (χ0) is 6.08. The van der Waals surface area contributed by atoms with Crippen LogP contribution in [-0.2, 0) is 0 Å². The van der Waals surface area contributed by atoms with Gasteiger partial charge in [0.25, 0.3) is 0 Å². The van der Waals surface area contributed by atoms with Crippen molar-refractivity contribution in [3.05, 3.63) is 0 Å². The van der Waals surface area contributed by atoms with E-state index in [1.54, 1.807) is 0 Å². The van der Waals surface area contributed by atoms with Crippen molar-refractivity contribution in [3.8, 4) is 0 Å². The SMILES string of the molecule is CC(C)(C)C(=S)Cl. The molecule has 0 fully saturated rings. The lowest BCUT2D eigenvalue weighted by atomic mass is 10.0. The predicted octanol–water partition coefficient (Wildman–Crippen LogP) is 2.60. The Morgan fingerprint density at radius 2 is 1.57 bits per heavy atom. The zero-order valence-corrected chi connectivity index (χ0v) is 6.36.